The van der Waals surface area contributed by atoms with Crippen molar-refractivity contribution in [3.8, 4) is 5.75 Å². The molecule has 2 rings (SSSR count). The lowest BCUT2D eigenvalue weighted by Crippen LogP contribution is -2.34. The van der Waals surface area contributed by atoms with Crippen LogP contribution in [0.5, 0.6) is 5.75 Å². The average molecular weight is 392 g/mol. The van der Waals surface area contributed by atoms with Gasteiger partial charge in [0.2, 0.25) is 0 Å². The lowest BCUT2D eigenvalue weighted by Gasteiger charge is -2.33. The Kier molecular flexibility index (Phi) is 8.07. The number of allylic oxidation sites excluding steroid dienone is 1. The van der Waals surface area contributed by atoms with E-state index in [0.717, 1.165) is 37.8 Å². The van der Waals surface area contributed by atoms with E-state index in [1.165, 1.54) is 12.1 Å². The molecule has 0 heterocycles. The van der Waals surface area contributed by atoms with Crippen molar-refractivity contribution in [1.82, 2.24) is 0 Å². The van der Waals surface area contributed by atoms with Crippen LogP contribution in [0.3, 0.4) is 0 Å². The lowest BCUT2D eigenvalue weighted by atomic mass is 9.77. The van der Waals surface area contributed by atoms with Crippen molar-refractivity contribution >= 4 is 0 Å². The van der Waals surface area contributed by atoms with Crippen LogP contribution in [-0.4, -0.2) is 18.9 Å². The van der Waals surface area contributed by atoms with Gasteiger partial charge in [-0.3, -0.25) is 0 Å². The highest BCUT2D eigenvalue weighted by atomic mass is 19.4. The van der Waals surface area contributed by atoms with Gasteiger partial charge < -0.3 is 9.47 Å². The van der Waals surface area contributed by atoms with Gasteiger partial charge >= 0.3 is 6.36 Å². The van der Waals surface area contributed by atoms with Gasteiger partial charge in [-0.2, -0.15) is 0 Å². The van der Waals surface area contributed by atoms with Gasteiger partial charge in [0.05, 0.1) is 6.61 Å². The number of hydrogen-bond donors (Lipinski definition) is 0. The Morgan fingerprint density at radius 3 is 2.22 bits per heavy atom. The molecule has 1 aromatic rings. The molecule has 0 N–H and O–H groups in total. The zero-order chi connectivity index (χ0) is 19.9. The highest BCUT2D eigenvalue weighted by Crippen LogP contribution is 2.36. The summed E-state index contributed by atoms with van der Waals surface area (Å²) in [4.78, 5) is 0. The molecule has 1 aliphatic rings. The number of ether oxygens (including phenoxy) is 2. The summed E-state index contributed by atoms with van der Waals surface area (Å²) < 4.78 is 72.6. The fraction of sp³-hybridized carbons (Fsp3) is 0.600. The van der Waals surface area contributed by atoms with E-state index in [2.05, 4.69) is 11.3 Å². The Bertz CT molecular complexity index is 563. The second-order valence-corrected chi connectivity index (χ2v) is 6.95. The average Bonchev–Trinajstić information content (AvgIpc) is 2.61. The van der Waals surface area contributed by atoms with E-state index in [0.29, 0.717) is 24.3 Å². The molecule has 1 saturated carbocycles. The molecule has 1 atom stereocenters. The zero-order valence-electron chi connectivity index (χ0n) is 15.1. The predicted molar refractivity (Wildman–Crippen MR) is 92.6 cm³/mol. The molecule has 0 amide bonds. The second-order valence-electron chi connectivity index (χ2n) is 6.95. The van der Waals surface area contributed by atoms with Crippen molar-refractivity contribution in [2.24, 2.45) is 11.8 Å². The zero-order valence-corrected chi connectivity index (χ0v) is 15.1. The SMILES string of the molecule is C=CCCC1CCC(C(OCc2ccc(OC(F)(F)F)cc2)C(F)F)CC1. The number of alkyl halides is 5. The van der Waals surface area contributed by atoms with Gasteiger partial charge in [0.15, 0.2) is 0 Å². The Hall–Kier alpha value is -1.63. The number of benzene rings is 1. The van der Waals surface area contributed by atoms with E-state index < -0.39 is 18.9 Å². The summed E-state index contributed by atoms with van der Waals surface area (Å²) in [6.45, 7) is 3.63. The minimum atomic E-state index is -4.76. The Balaban J connectivity index is 1.85. The monoisotopic (exact) mass is 392 g/mol. The van der Waals surface area contributed by atoms with Crippen LogP contribution >= 0.6 is 0 Å². The summed E-state index contributed by atoms with van der Waals surface area (Å²) in [7, 11) is 0. The van der Waals surface area contributed by atoms with Gasteiger partial charge in [0.25, 0.3) is 6.43 Å². The third kappa shape index (κ3) is 7.48. The maximum atomic E-state index is 13.5. The molecule has 1 fully saturated rings. The topological polar surface area (TPSA) is 18.5 Å². The molecular formula is C20H25F5O2. The second kappa shape index (κ2) is 10.1. The van der Waals surface area contributed by atoms with Crippen LogP contribution in [0.15, 0.2) is 36.9 Å². The van der Waals surface area contributed by atoms with Crippen LogP contribution in [0, 0.1) is 11.8 Å². The summed E-state index contributed by atoms with van der Waals surface area (Å²) in [6, 6.07) is 5.06. The van der Waals surface area contributed by atoms with Gasteiger partial charge in [-0.25, -0.2) is 8.78 Å². The number of rotatable bonds is 9. The fourth-order valence-electron chi connectivity index (χ4n) is 3.55. The first-order chi connectivity index (χ1) is 12.8. The van der Waals surface area contributed by atoms with Crippen molar-refractivity contribution in [1.29, 1.82) is 0 Å². The van der Waals surface area contributed by atoms with Crippen molar-refractivity contribution < 1.29 is 31.4 Å². The van der Waals surface area contributed by atoms with Crippen LogP contribution in [-0.2, 0) is 11.3 Å². The molecule has 0 saturated heterocycles. The third-order valence-electron chi connectivity index (χ3n) is 4.98. The van der Waals surface area contributed by atoms with E-state index in [4.69, 9.17) is 4.74 Å². The van der Waals surface area contributed by atoms with E-state index >= 15 is 0 Å². The summed E-state index contributed by atoms with van der Waals surface area (Å²) in [5.74, 6) is 0.00562. The van der Waals surface area contributed by atoms with Gasteiger partial charge in [-0.05, 0) is 55.2 Å². The maximum absolute atomic E-state index is 13.5. The summed E-state index contributed by atoms with van der Waals surface area (Å²) in [5.41, 5.74) is 0.523. The molecule has 0 bridgehead atoms. The van der Waals surface area contributed by atoms with Gasteiger partial charge in [0.1, 0.15) is 11.9 Å². The fourth-order valence-corrected chi connectivity index (χ4v) is 3.55. The van der Waals surface area contributed by atoms with Crippen LogP contribution in [0.1, 0.15) is 44.1 Å². The minimum Gasteiger partial charge on any atom is -0.406 e. The van der Waals surface area contributed by atoms with Crippen molar-refractivity contribution in [2.45, 2.75) is 64.0 Å². The molecule has 27 heavy (non-hydrogen) atoms. The standard InChI is InChI=1S/C20H25F5O2/c1-2-3-4-14-5-9-16(10-6-14)18(19(21)22)26-13-15-7-11-17(12-8-15)27-20(23,24)25/h2,7-8,11-12,14,16,18-19H,1,3-6,9-10,13H2. The van der Waals surface area contributed by atoms with E-state index in [9.17, 15) is 22.0 Å². The summed E-state index contributed by atoms with van der Waals surface area (Å²) in [5, 5.41) is 0. The molecule has 0 radical (unpaired) electrons. The molecule has 152 valence electrons. The summed E-state index contributed by atoms with van der Waals surface area (Å²) in [6.07, 6.45) is -1.41. The molecule has 0 aliphatic heterocycles. The van der Waals surface area contributed by atoms with E-state index in [1.54, 1.807) is 0 Å². The first-order valence-corrected chi connectivity index (χ1v) is 9.14. The molecule has 1 unspecified atom stereocenters. The quantitative estimate of drug-likeness (QED) is 0.352. The van der Waals surface area contributed by atoms with E-state index in [-0.39, 0.29) is 18.3 Å². The summed E-state index contributed by atoms with van der Waals surface area (Å²) >= 11 is 0. The highest BCUT2D eigenvalue weighted by molar-refractivity contribution is 5.27. The number of hydrogen-bond acceptors (Lipinski definition) is 2. The molecule has 0 spiro atoms. The van der Waals surface area contributed by atoms with Gasteiger partial charge in [-0.15, -0.1) is 19.8 Å². The molecule has 1 aromatic carbocycles. The highest BCUT2D eigenvalue weighted by Gasteiger charge is 2.34. The first-order valence-electron chi connectivity index (χ1n) is 9.14. The molecule has 2 nitrogen and oxygen atoms in total. The van der Waals surface area contributed by atoms with Crippen molar-refractivity contribution in [3.05, 3.63) is 42.5 Å². The van der Waals surface area contributed by atoms with Gasteiger partial charge in [0, 0.05) is 0 Å². The van der Waals surface area contributed by atoms with Crippen LogP contribution in [0.25, 0.3) is 0 Å². The first kappa shape index (κ1) is 21.7. The molecule has 0 aromatic heterocycles. The smallest absolute Gasteiger partial charge is 0.406 e. The third-order valence-corrected chi connectivity index (χ3v) is 4.98. The Morgan fingerprint density at radius 1 is 1.07 bits per heavy atom. The van der Waals surface area contributed by atoms with Crippen LogP contribution in [0.2, 0.25) is 0 Å². The van der Waals surface area contributed by atoms with Crippen molar-refractivity contribution in [3.63, 3.8) is 0 Å². The van der Waals surface area contributed by atoms with Crippen LogP contribution < -0.4 is 4.74 Å². The number of halogens is 5. The van der Waals surface area contributed by atoms with Crippen LogP contribution in [0.4, 0.5) is 22.0 Å². The largest absolute Gasteiger partial charge is 0.573 e. The predicted octanol–water partition coefficient (Wildman–Crippen LogP) is 6.51. The Labute approximate surface area is 156 Å². The normalized spacial score (nSPS) is 21.9. The minimum absolute atomic E-state index is 0.0717. The molecular weight excluding hydrogens is 367 g/mol. The molecule has 7 heteroatoms. The van der Waals surface area contributed by atoms with Crippen molar-refractivity contribution in [2.75, 3.05) is 0 Å². The van der Waals surface area contributed by atoms with E-state index in [1.807, 2.05) is 6.08 Å². The maximum Gasteiger partial charge on any atom is 0.573 e. The molecule has 1 aliphatic carbocycles. The van der Waals surface area contributed by atoms with Gasteiger partial charge in [-0.1, -0.05) is 31.1 Å². The lowest BCUT2D eigenvalue weighted by molar-refractivity contribution is -0.274. The Morgan fingerprint density at radius 2 is 1.70 bits per heavy atom.